The molecule has 1 aliphatic heterocycles. The molecule has 0 aliphatic carbocycles. The lowest BCUT2D eigenvalue weighted by Gasteiger charge is -2.24. The zero-order valence-electron chi connectivity index (χ0n) is 9.93. The van der Waals surface area contributed by atoms with Crippen LogP contribution in [0.25, 0.3) is 10.9 Å². The van der Waals surface area contributed by atoms with Crippen molar-refractivity contribution >= 4 is 10.9 Å². The van der Waals surface area contributed by atoms with Gasteiger partial charge in [-0.25, -0.2) is 0 Å². The number of hydrogen-bond acceptors (Lipinski definition) is 3. The summed E-state index contributed by atoms with van der Waals surface area (Å²) in [7, 11) is 2.04. The molecule has 17 heavy (non-hydrogen) atoms. The highest BCUT2D eigenvalue weighted by atomic mass is 16.3. The van der Waals surface area contributed by atoms with Crippen LogP contribution in [0.3, 0.4) is 0 Å². The third-order valence-corrected chi connectivity index (χ3v) is 3.59. The van der Waals surface area contributed by atoms with E-state index in [2.05, 4.69) is 9.88 Å². The molecule has 1 fully saturated rings. The van der Waals surface area contributed by atoms with E-state index in [4.69, 9.17) is 0 Å². The zero-order valence-corrected chi connectivity index (χ0v) is 9.93. The topological polar surface area (TPSA) is 36.4 Å². The molecule has 88 valence electrons. The Hall–Kier alpha value is -1.45. The van der Waals surface area contributed by atoms with E-state index in [0.29, 0.717) is 6.54 Å². The van der Waals surface area contributed by atoms with E-state index in [0.717, 1.165) is 29.4 Å². The summed E-state index contributed by atoms with van der Waals surface area (Å²) in [5.74, 6) is 0. The molecule has 1 aromatic heterocycles. The highest BCUT2D eigenvalue weighted by molar-refractivity contribution is 5.82. The van der Waals surface area contributed by atoms with Crippen LogP contribution in [-0.4, -0.2) is 35.1 Å². The number of rotatable bonds is 1. The number of aliphatic hydroxyl groups is 1. The Bertz CT molecular complexity index is 549. The number of likely N-dealkylation sites (tertiary alicyclic amines) is 1. The van der Waals surface area contributed by atoms with Gasteiger partial charge in [0.15, 0.2) is 0 Å². The van der Waals surface area contributed by atoms with Crippen molar-refractivity contribution in [3.05, 3.63) is 42.1 Å². The molecule has 1 unspecified atom stereocenters. The fraction of sp³-hybridized carbons (Fsp3) is 0.357. The van der Waals surface area contributed by atoms with E-state index in [1.165, 1.54) is 0 Å². The lowest BCUT2D eigenvalue weighted by molar-refractivity contribution is 0.0504. The van der Waals surface area contributed by atoms with Crippen LogP contribution in [0.15, 0.2) is 36.5 Å². The minimum absolute atomic E-state index is 0.695. The van der Waals surface area contributed by atoms with Crippen LogP contribution in [0.5, 0.6) is 0 Å². The standard InChI is InChI=1S/C14H16N2O/c1-16-9-7-14(17,10-16)12-5-2-6-13-11(12)4-3-8-15-13/h2-6,8,17H,7,9-10H2,1H3. The molecule has 1 saturated heterocycles. The molecule has 1 atom stereocenters. The molecule has 0 bridgehead atoms. The number of benzene rings is 1. The van der Waals surface area contributed by atoms with Gasteiger partial charge in [0.2, 0.25) is 0 Å². The molecule has 3 nitrogen and oxygen atoms in total. The van der Waals surface area contributed by atoms with Crippen molar-refractivity contribution in [1.29, 1.82) is 0 Å². The molecule has 1 aromatic carbocycles. The van der Waals surface area contributed by atoms with E-state index in [1.807, 2.05) is 37.4 Å². The molecular weight excluding hydrogens is 212 g/mol. The van der Waals surface area contributed by atoms with Crippen molar-refractivity contribution in [1.82, 2.24) is 9.88 Å². The minimum Gasteiger partial charge on any atom is -0.384 e. The molecule has 0 amide bonds. The maximum Gasteiger partial charge on any atom is 0.104 e. The molecule has 1 N–H and O–H groups in total. The lowest BCUT2D eigenvalue weighted by Crippen LogP contribution is -2.29. The Labute approximate surface area is 101 Å². The second-order valence-corrected chi connectivity index (χ2v) is 4.90. The Morgan fingerprint density at radius 2 is 2.18 bits per heavy atom. The fourth-order valence-electron chi connectivity index (χ4n) is 2.71. The van der Waals surface area contributed by atoms with Gasteiger partial charge in [0.05, 0.1) is 5.52 Å². The number of hydrogen-bond donors (Lipinski definition) is 1. The first-order chi connectivity index (χ1) is 8.19. The monoisotopic (exact) mass is 228 g/mol. The number of nitrogens with zero attached hydrogens (tertiary/aromatic N) is 2. The first-order valence-electron chi connectivity index (χ1n) is 5.94. The minimum atomic E-state index is -0.725. The number of likely N-dealkylation sites (N-methyl/N-ethyl adjacent to an activating group) is 1. The molecule has 0 saturated carbocycles. The van der Waals surface area contributed by atoms with Crippen molar-refractivity contribution in [2.75, 3.05) is 20.1 Å². The van der Waals surface area contributed by atoms with E-state index < -0.39 is 5.60 Å². The molecule has 2 heterocycles. The molecule has 1 aliphatic rings. The summed E-state index contributed by atoms with van der Waals surface area (Å²) in [6.45, 7) is 1.63. The molecule has 2 aromatic rings. The second kappa shape index (κ2) is 3.79. The van der Waals surface area contributed by atoms with E-state index in [1.54, 1.807) is 6.20 Å². The first kappa shape index (κ1) is 10.7. The third-order valence-electron chi connectivity index (χ3n) is 3.59. The average molecular weight is 228 g/mol. The Kier molecular flexibility index (Phi) is 2.38. The SMILES string of the molecule is CN1CCC(O)(c2cccc3ncccc23)C1. The summed E-state index contributed by atoms with van der Waals surface area (Å²) >= 11 is 0. The van der Waals surface area contributed by atoms with Crippen molar-refractivity contribution in [3.63, 3.8) is 0 Å². The van der Waals surface area contributed by atoms with Gasteiger partial charge in [-0.15, -0.1) is 0 Å². The average Bonchev–Trinajstić information content (AvgIpc) is 2.70. The van der Waals surface area contributed by atoms with Gasteiger partial charge in [0.25, 0.3) is 0 Å². The van der Waals surface area contributed by atoms with Gasteiger partial charge in [-0.2, -0.15) is 0 Å². The van der Waals surface area contributed by atoms with Crippen molar-refractivity contribution in [2.24, 2.45) is 0 Å². The van der Waals surface area contributed by atoms with Crippen LogP contribution in [0.4, 0.5) is 0 Å². The van der Waals surface area contributed by atoms with Gasteiger partial charge >= 0.3 is 0 Å². The second-order valence-electron chi connectivity index (χ2n) is 4.90. The van der Waals surface area contributed by atoms with Gasteiger partial charge in [-0.05, 0) is 31.2 Å². The van der Waals surface area contributed by atoms with Gasteiger partial charge in [0.1, 0.15) is 5.60 Å². The van der Waals surface area contributed by atoms with Crippen LogP contribution in [0.1, 0.15) is 12.0 Å². The van der Waals surface area contributed by atoms with Crippen molar-refractivity contribution in [2.45, 2.75) is 12.0 Å². The Balaban J connectivity index is 2.17. The predicted molar refractivity (Wildman–Crippen MR) is 67.8 cm³/mol. The smallest absolute Gasteiger partial charge is 0.104 e. The normalized spacial score (nSPS) is 25.5. The van der Waals surface area contributed by atoms with E-state index >= 15 is 0 Å². The zero-order chi connectivity index (χ0) is 11.9. The number of aromatic nitrogens is 1. The van der Waals surface area contributed by atoms with Crippen molar-refractivity contribution in [3.8, 4) is 0 Å². The maximum absolute atomic E-state index is 10.8. The summed E-state index contributed by atoms with van der Waals surface area (Å²) in [5.41, 5.74) is 1.23. The summed E-state index contributed by atoms with van der Waals surface area (Å²) in [5, 5.41) is 11.8. The lowest BCUT2D eigenvalue weighted by atomic mass is 9.90. The van der Waals surface area contributed by atoms with Crippen LogP contribution >= 0.6 is 0 Å². The molecule has 0 radical (unpaired) electrons. The molecule has 0 spiro atoms. The quantitative estimate of drug-likeness (QED) is 0.808. The predicted octanol–water partition coefficient (Wildman–Crippen LogP) is 1.76. The summed E-state index contributed by atoms with van der Waals surface area (Å²) in [6, 6.07) is 9.94. The van der Waals surface area contributed by atoms with Crippen LogP contribution in [-0.2, 0) is 5.60 Å². The third kappa shape index (κ3) is 1.72. The number of pyridine rings is 1. The van der Waals surface area contributed by atoms with Crippen LogP contribution in [0.2, 0.25) is 0 Å². The molecular formula is C14H16N2O. The number of fused-ring (bicyclic) bond motifs is 1. The maximum atomic E-state index is 10.8. The molecule has 3 rings (SSSR count). The van der Waals surface area contributed by atoms with Gasteiger partial charge < -0.3 is 10.0 Å². The van der Waals surface area contributed by atoms with Gasteiger partial charge in [-0.3, -0.25) is 4.98 Å². The first-order valence-corrected chi connectivity index (χ1v) is 5.94. The summed E-state index contributed by atoms with van der Waals surface area (Å²) in [4.78, 5) is 6.50. The highest BCUT2D eigenvalue weighted by Gasteiger charge is 2.37. The summed E-state index contributed by atoms with van der Waals surface area (Å²) < 4.78 is 0. The van der Waals surface area contributed by atoms with Gasteiger partial charge in [0, 0.05) is 24.7 Å². The molecule has 3 heteroatoms. The van der Waals surface area contributed by atoms with Crippen LogP contribution in [0, 0.1) is 0 Å². The van der Waals surface area contributed by atoms with Crippen molar-refractivity contribution < 1.29 is 5.11 Å². The summed E-state index contributed by atoms with van der Waals surface area (Å²) in [6.07, 6.45) is 2.58. The van der Waals surface area contributed by atoms with Crippen LogP contribution < -0.4 is 0 Å². The Morgan fingerprint density at radius 1 is 1.29 bits per heavy atom. The Morgan fingerprint density at radius 3 is 2.94 bits per heavy atom. The van der Waals surface area contributed by atoms with Gasteiger partial charge in [-0.1, -0.05) is 18.2 Å². The van der Waals surface area contributed by atoms with E-state index in [-0.39, 0.29) is 0 Å². The largest absolute Gasteiger partial charge is 0.384 e. The highest BCUT2D eigenvalue weighted by Crippen LogP contribution is 2.34. The number of β-amino-alcohol motifs (C(OH)–C–C–N with tert-alkyl or cyclic N) is 1. The van der Waals surface area contributed by atoms with E-state index in [9.17, 15) is 5.11 Å². The fourth-order valence-corrected chi connectivity index (χ4v) is 2.71.